The van der Waals surface area contributed by atoms with E-state index in [2.05, 4.69) is 278 Å². The molecule has 0 radical (unpaired) electrons. The number of anilines is 12. The Morgan fingerprint density at radius 1 is 0.177 bits per heavy atom. The van der Waals surface area contributed by atoms with Gasteiger partial charge in [0.15, 0.2) is 0 Å². The summed E-state index contributed by atoms with van der Waals surface area (Å²) in [6, 6.07) is 82.4. The number of para-hydroxylation sites is 4. The highest BCUT2D eigenvalue weighted by Gasteiger charge is 2.19. The van der Waals surface area contributed by atoms with E-state index in [9.17, 15) is 0 Å². The molecule has 0 fully saturated rings. The third-order valence-corrected chi connectivity index (χ3v) is 11.7. The van der Waals surface area contributed by atoms with Crippen LogP contribution in [-0.2, 0) is 0 Å². The van der Waals surface area contributed by atoms with Gasteiger partial charge in [0.05, 0.1) is 0 Å². The zero-order valence-corrected chi connectivity index (χ0v) is 35.7. The van der Waals surface area contributed by atoms with E-state index in [0.717, 1.165) is 68.2 Å². The average molecular weight is 803 g/mol. The van der Waals surface area contributed by atoms with E-state index in [0.29, 0.717) is 0 Å². The van der Waals surface area contributed by atoms with Gasteiger partial charge in [-0.25, -0.2) is 0 Å². The van der Waals surface area contributed by atoms with Crippen LogP contribution in [0.5, 0.6) is 0 Å². The van der Waals surface area contributed by atoms with Crippen LogP contribution in [0, 0.1) is 27.7 Å². The normalized spacial score (nSPS) is 10.9. The van der Waals surface area contributed by atoms with E-state index in [1.165, 1.54) is 22.3 Å². The Hall–Kier alpha value is -7.82. The van der Waals surface area contributed by atoms with Crippen LogP contribution >= 0.6 is 0 Å². The average Bonchev–Trinajstić information content (AvgIpc) is 3.32. The first kappa shape index (κ1) is 39.6. The molecule has 0 N–H and O–H groups in total. The molecule has 0 saturated heterocycles. The Morgan fingerprint density at radius 2 is 0.355 bits per heavy atom. The number of rotatable bonds is 12. The second-order valence-corrected chi connectivity index (χ2v) is 15.8. The maximum absolute atomic E-state index is 2.32. The molecule has 9 aromatic carbocycles. The molecule has 0 aliphatic carbocycles. The van der Waals surface area contributed by atoms with E-state index in [1.54, 1.807) is 0 Å². The van der Waals surface area contributed by atoms with Crippen molar-refractivity contribution in [2.24, 2.45) is 0 Å². The first-order valence-corrected chi connectivity index (χ1v) is 21.3. The number of benzene rings is 9. The van der Waals surface area contributed by atoms with E-state index < -0.39 is 0 Å². The molecule has 4 nitrogen and oxygen atoms in total. The zero-order chi connectivity index (χ0) is 42.4. The predicted molar refractivity (Wildman–Crippen MR) is 264 cm³/mol. The van der Waals surface area contributed by atoms with E-state index in [-0.39, 0.29) is 0 Å². The first-order valence-electron chi connectivity index (χ1n) is 21.3. The van der Waals surface area contributed by atoms with Gasteiger partial charge >= 0.3 is 0 Å². The monoisotopic (exact) mass is 802 g/mol. The molecule has 0 aliphatic rings. The molecule has 0 atom stereocenters. The zero-order valence-electron chi connectivity index (χ0n) is 35.7. The summed E-state index contributed by atoms with van der Waals surface area (Å²) in [5.74, 6) is 0. The summed E-state index contributed by atoms with van der Waals surface area (Å²) in [5.41, 5.74) is 18.2. The first-order chi connectivity index (χ1) is 30.4. The minimum absolute atomic E-state index is 1.07. The van der Waals surface area contributed by atoms with Crippen molar-refractivity contribution >= 4 is 68.2 Å². The van der Waals surface area contributed by atoms with Crippen molar-refractivity contribution < 1.29 is 0 Å². The highest BCUT2D eigenvalue weighted by Crippen LogP contribution is 2.43. The van der Waals surface area contributed by atoms with Crippen molar-refractivity contribution in [2.45, 2.75) is 27.7 Å². The molecule has 0 aromatic heterocycles. The molecule has 0 aliphatic heterocycles. The molecule has 0 heterocycles. The minimum Gasteiger partial charge on any atom is -0.311 e. The van der Waals surface area contributed by atoms with Gasteiger partial charge in [-0.05, 0) is 196 Å². The predicted octanol–water partition coefficient (Wildman–Crippen LogP) is 16.8. The number of hydrogen-bond donors (Lipinski definition) is 0. The summed E-state index contributed by atoms with van der Waals surface area (Å²) in [4.78, 5) is 9.29. The third kappa shape index (κ3) is 8.32. The molecular weight excluding hydrogens is 753 g/mol. The van der Waals surface area contributed by atoms with Gasteiger partial charge < -0.3 is 19.6 Å². The molecule has 302 valence electrons. The van der Waals surface area contributed by atoms with Crippen molar-refractivity contribution in [3.63, 3.8) is 0 Å². The van der Waals surface area contributed by atoms with Gasteiger partial charge in [-0.15, -0.1) is 0 Å². The highest BCUT2D eigenvalue weighted by atomic mass is 15.2. The van der Waals surface area contributed by atoms with Gasteiger partial charge in [0.1, 0.15) is 0 Å². The molecular formula is C58H50N4. The Labute approximate surface area is 366 Å². The summed E-state index contributed by atoms with van der Waals surface area (Å²) in [6.07, 6.45) is 0. The van der Waals surface area contributed by atoms with E-state index in [4.69, 9.17) is 0 Å². The largest absolute Gasteiger partial charge is 0.311 e. The fourth-order valence-corrected chi connectivity index (χ4v) is 8.08. The summed E-state index contributed by atoms with van der Waals surface area (Å²) in [5, 5.41) is 0. The van der Waals surface area contributed by atoms with Crippen LogP contribution in [0.25, 0.3) is 0 Å². The lowest BCUT2D eigenvalue weighted by Crippen LogP contribution is -2.13. The quantitative estimate of drug-likeness (QED) is 0.122. The number of hydrogen-bond acceptors (Lipinski definition) is 4. The van der Waals surface area contributed by atoms with Crippen molar-refractivity contribution in [3.05, 3.63) is 253 Å². The second-order valence-electron chi connectivity index (χ2n) is 15.8. The lowest BCUT2D eigenvalue weighted by molar-refractivity contribution is 1.23. The summed E-state index contributed by atoms with van der Waals surface area (Å²) in [7, 11) is 0. The van der Waals surface area contributed by atoms with Crippen LogP contribution in [0.15, 0.2) is 231 Å². The molecule has 9 rings (SSSR count). The summed E-state index contributed by atoms with van der Waals surface area (Å²) in [6.45, 7) is 8.68. The van der Waals surface area contributed by atoms with Crippen LogP contribution in [0.3, 0.4) is 0 Å². The number of aryl methyl sites for hydroxylation is 4. The second kappa shape index (κ2) is 17.8. The topological polar surface area (TPSA) is 13.0 Å². The van der Waals surface area contributed by atoms with Gasteiger partial charge in [-0.3, -0.25) is 0 Å². The van der Waals surface area contributed by atoms with Crippen LogP contribution < -0.4 is 19.6 Å². The maximum atomic E-state index is 2.32. The summed E-state index contributed by atoms with van der Waals surface area (Å²) < 4.78 is 0. The Morgan fingerprint density at radius 3 is 0.565 bits per heavy atom. The fourth-order valence-electron chi connectivity index (χ4n) is 8.08. The maximum Gasteiger partial charge on any atom is 0.0464 e. The SMILES string of the molecule is Cc1ccc(N(c2ccccc2)c2ccc(N(c3ccccc3)c3ccc(N(c4ccccc4)c4ccc(N(c5ccccc5)c5ccc(C)c(C)c5)cc4)cc3)cc2)cc1C. The molecule has 0 amide bonds. The molecule has 9 aromatic rings. The van der Waals surface area contributed by atoms with Crippen LogP contribution in [0.4, 0.5) is 68.2 Å². The fraction of sp³-hybridized carbons (Fsp3) is 0.0690. The van der Waals surface area contributed by atoms with Gasteiger partial charge in [0, 0.05) is 68.2 Å². The minimum atomic E-state index is 1.07. The standard InChI is InChI=1S/C58H50N4/c1-43-25-27-57(41-45(43)3)61(49-21-13-7-14-22-49)55-37-33-53(34-38-55)59(47-17-9-5-10-18-47)51-29-31-52(32-30-51)60(48-19-11-6-12-20-48)54-35-39-56(40-36-54)62(50-23-15-8-16-24-50)58-28-26-44(2)46(4)42-58/h5-42H,1-4H3. The van der Waals surface area contributed by atoms with E-state index >= 15 is 0 Å². The van der Waals surface area contributed by atoms with Crippen molar-refractivity contribution in [2.75, 3.05) is 19.6 Å². The van der Waals surface area contributed by atoms with Crippen LogP contribution in [0.2, 0.25) is 0 Å². The van der Waals surface area contributed by atoms with Gasteiger partial charge in [-0.1, -0.05) is 84.9 Å². The van der Waals surface area contributed by atoms with Crippen molar-refractivity contribution in [1.29, 1.82) is 0 Å². The van der Waals surface area contributed by atoms with Gasteiger partial charge in [0.25, 0.3) is 0 Å². The summed E-state index contributed by atoms with van der Waals surface area (Å²) >= 11 is 0. The Balaban J connectivity index is 1.06. The van der Waals surface area contributed by atoms with Crippen LogP contribution in [0.1, 0.15) is 22.3 Å². The van der Waals surface area contributed by atoms with Crippen molar-refractivity contribution in [1.82, 2.24) is 0 Å². The molecule has 0 unspecified atom stereocenters. The van der Waals surface area contributed by atoms with E-state index in [1.807, 2.05) is 0 Å². The number of nitrogens with zero attached hydrogens (tertiary/aromatic N) is 4. The molecule has 0 saturated carbocycles. The smallest absolute Gasteiger partial charge is 0.0464 e. The molecule has 0 spiro atoms. The Bertz CT molecular complexity index is 2660. The molecule has 4 heteroatoms. The van der Waals surface area contributed by atoms with Crippen molar-refractivity contribution in [3.8, 4) is 0 Å². The lowest BCUT2D eigenvalue weighted by Gasteiger charge is -2.30. The highest BCUT2D eigenvalue weighted by molar-refractivity contribution is 5.85. The third-order valence-electron chi connectivity index (χ3n) is 11.7. The van der Waals surface area contributed by atoms with Gasteiger partial charge in [-0.2, -0.15) is 0 Å². The molecule has 0 bridgehead atoms. The van der Waals surface area contributed by atoms with Gasteiger partial charge in [0.2, 0.25) is 0 Å². The lowest BCUT2D eigenvalue weighted by atomic mass is 10.1. The molecule has 62 heavy (non-hydrogen) atoms. The van der Waals surface area contributed by atoms with Crippen LogP contribution in [-0.4, -0.2) is 0 Å². The Kier molecular flexibility index (Phi) is 11.4.